The molecule has 1 aromatic carbocycles. The molecule has 2 amide bonds. The van der Waals surface area contributed by atoms with Crippen molar-refractivity contribution in [1.29, 1.82) is 0 Å². The molecule has 1 aliphatic rings. The third-order valence-corrected chi connectivity index (χ3v) is 4.30. The van der Waals surface area contributed by atoms with Crippen molar-refractivity contribution in [3.8, 4) is 0 Å². The van der Waals surface area contributed by atoms with Gasteiger partial charge in [0, 0.05) is 0 Å². The van der Waals surface area contributed by atoms with Gasteiger partial charge in [0.25, 0.3) is 11.8 Å². The molecule has 1 aromatic heterocycles. The zero-order valence-electron chi connectivity index (χ0n) is 11.7. The fourth-order valence-electron chi connectivity index (χ4n) is 2.21. The number of hydrogen-bond donors (Lipinski definition) is 1. The van der Waals surface area contributed by atoms with E-state index in [1.165, 1.54) is 16.2 Å². The fourth-order valence-corrected chi connectivity index (χ4v) is 3.11. The molecule has 0 bridgehead atoms. The highest BCUT2D eigenvalue weighted by Gasteiger charge is 2.34. The van der Waals surface area contributed by atoms with Crippen LogP contribution in [-0.2, 0) is 9.59 Å². The van der Waals surface area contributed by atoms with Crippen LogP contribution in [0.5, 0.6) is 0 Å². The van der Waals surface area contributed by atoms with E-state index in [9.17, 15) is 9.59 Å². The third kappa shape index (κ3) is 2.58. The number of carbonyl (C=O) groups excluding carboxylic acids is 2. The third-order valence-electron chi connectivity index (χ3n) is 3.31. The van der Waals surface area contributed by atoms with Gasteiger partial charge in [-0.1, -0.05) is 18.2 Å². The highest BCUT2D eigenvalue weighted by Crippen LogP contribution is 2.25. The van der Waals surface area contributed by atoms with Crippen LogP contribution in [0.15, 0.2) is 46.7 Å². The molecule has 0 spiro atoms. The van der Waals surface area contributed by atoms with Crippen LogP contribution in [0.2, 0.25) is 0 Å². The lowest BCUT2D eigenvalue weighted by Crippen LogP contribution is -2.54. The number of thiocarbonyl (C=S) groups is 1. The zero-order valence-corrected chi connectivity index (χ0v) is 13.3. The van der Waals surface area contributed by atoms with E-state index in [-0.39, 0.29) is 10.7 Å². The lowest BCUT2D eigenvalue weighted by atomic mass is 10.1. The van der Waals surface area contributed by atoms with E-state index in [0.29, 0.717) is 5.69 Å². The maximum Gasteiger partial charge on any atom is 0.270 e. The summed E-state index contributed by atoms with van der Waals surface area (Å²) in [6, 6.07) is 9.26. The van der Waals surface area contributed by atoms with E-state index in [1.807, 2.05) is 41.9 Å². The van der Waals surface area contributed by atoms with Crippen molar-refractivity contribution < 1.29 is 9.59 Å². The van der Waals surface area contributed by atoms with Crippen LogP contribution >= 0.6 is 23.6 Å². The minimum atomic E-state index is -0.467. The van der Waals surface area contributed by atoms with Gasteiger partial charge in [0.15, 0.2) is 5.11 Å². The summed E-state index contributed by atoms with van der Waals surface area (Å²) in [6.45, 7) is 1.89. The molecule has 1 aliphatic heterocycles. The van der Waals surface area contributed by atoms with Crippen LogP contribution in [0.4, 0.5) is 5.69 Å². The van der Waals surface area contributed by atoms with Crippen molar-refractivity contribution in [2.24, 2.45) is 0 Å². The molecule has 0 atom stereocenters. The van der Waals surface area contributed by atoms with E-state index in [2.05, 4.69) is 5.32 Å². The van der Waals surface area contributed by atoms with Crippen molar-refractivity contribution in [2.45, 2.75) is 6.92 Å². The molecular weight excluding hydrogens is 316 g/mol. The standard InChI is InChI=1S/C16H12N2O2S2/c1-10-4-2-3-5-13(10)18-15(20)12(14(19)17-16(18)21)8-11-6-7-22-9-11/h2-9H,1H3,(H,17,19,21)/b12-8+. The van der Waals surface area contributed by atoms with Gasteiger partial charge in [0.05, 0.1) is 5.69 Å². The maximum atomic E-state index is 12.7. The summed E-state index contributed by atoms with van der Waals surface area (Å²) in [7, 11) is 0. The number of nitrogens with one attached hydrogen (secondary N) is 1. The average molecular weight is 328 g/mol. The molecule has 1 fully saturated rings. The molecule has 0 aliphatic carbocycles. The molecule has 0 radical (unpaired) electrons. The van der Waals surface area contributed by atoms with Crippen LogP contribution < -0.4 is 10.2 Å². The number of para-hydroxylation sites is 1. The number of anilines is 1. The summed E-state index contributed by atoms with van der Waals surface area (Å²) in [6.07, 6.45) is 1.58. The van der Waals surface area contributed by atoms with Crippen molar-refractivity contribution in [3.63, 3.8) is 0 Å². The number of carbonyl (C=O) groups is 2. The zero-order chi connectivity index (χ0) is 15.7. The first kappa shape index (κ1) is 14.6. The average Bonchev–Trinajstić information content (AvgIpc) is 2.98. The Labute approximate surface area is 137 Å². The maximum absolute atomic E-state index is 12.7. The highest BCUT2D eigenvalue weighted by molar-refractivity contribution is 7.80. The van der Waals surface area contributed by atoms with Crippen LogP contribution in [0.3, 0.4) is 0 Å². The lowest BCUT2D eigenvalue weighted by molar-refractivity contribution is -0.122. The Balaban J connectivity index is 2.05. The number of benzene rings is 1. The SMILES string of the molecule is Cc1ccccc1N1C(=O)/C(=C/c2ccsc2)C(=O)NC1=S. The fraction of sp³-hybridized carbons (Fsp3) is 0.0625. The van der Waals surface area contributed by atoms with Gasteiger partial charge in [0.2, 0.25) is 0 Å². The Hall–Kier alpha value is -2.31. The van der Waals surface area contributed by atoms with E-state index in [1.54, 1.807) is 12.1 Å². The summed E-state index contributed by atoms with van der Waals surface area (Å²) in [5.74, 6) is -0.875. The van der Waals surface area contributed by atoms with E-state index in [4.69, 9.17) is 12.2 Å². The molecule has 2 heterocycles. The number of amides is 2. The van der Waals surface area contributed by atoms with E-state index in [0.717, 1.165) is 11.1 Å². The van der Waals surface area contributed by atoms with Crippen molar-refractivity contribution in [2.75, 3.05) is 4.90 Å². The Morgan fingerprint density at radius 1 is 1.23 bits per heavy atom. The largest absolute Gasteiger partial charge is 0.298 e. The normalized spacial score (nSPS) is 17.0. The van der Waals surface area contributed by atoms with E-state index < -0.39 is 11.8 Å². The lowest BCUT2D eigenvalue weighted by Gasteiger charge is -2.29. The smallest absolute Gasteiger partial charge is 0.270 e. The second kappa shape index (κ2) is 5.82. The van der Waals surface area contributed by atoms with Gasteiger partial charge >= 0.3 is 0 Å². The first-order chi connectivity index (χ1) is 10.6. The molecule has 4 nitrogen and oxygen atoms in total. The van der Waals surface area contributed by atoms with Crippen LogP contribution in [0.1, 0.15) is 11.1 Å². The first-order valence-corrected chi connectivity index (χ1v) is 7.92. The van der Waals surface area contributed by atoms with Gasteiger partial charge in [-0.05, 0) is 59.2 Å². The van der Waals surface area contributed by atoms with Gasteiger partial charge < -0.3 is 0 Å². The molecule has 2 aromatic rings. The topological polar surface area (TPSA) is 49.4 Å². The number of rotatable bonds is 2. The van der Waals surface area contributed by atoms with Gasteiger partial charge in [-0.2, -0.15) is 11.3 Å². The summed E-state index contributed by atoms with van der Waals surface area (Å²) in [4.78, 5) is 26.2. The van der Waals surface area contributed by atoms with E-state index >= 15 is 0 Å². The van der Waals surface area contributed by atoms with Gasteiger partial charge in [-0.15, -0.1) is 0 Å². The molecular formula is C16H12N2O2S2. The monoisotopic (exact) mass is 328 g/mol. The number of aryl methyl sites for hydroxylation is 1. The summed E-state index contributed by atoms with van der Waals surface area (Å²) in [5.41, 5.74) is 2.48. The van der Waals surface area contributed by atoms with Gasteiger partial charge in [-0.3, -0.25) is 19.8 Å². The highest BCUT2D eigenvalue weighted by atomic mass is 32.1. The Morgan fingerprint density at radius 3 is 2.68 bits per heavy atom. The van der Waals surface area contributed by atoms with Gasteiger partial charge in [-0.25, -0.2) is 0 Å². The minimum Gasteiger partial charge on any atom is -0.298 e. The summed E-state index contributed by atoms with van der Waals surface area (Å²) in [5, 5.41) is 6.45. The predicted molar refractivity (Wildman–Crippen MR) is 91.7 cm³/mol. The first-order valence-electron chi connectivity index (χ1n) is 6.57. The Bertz CT molecular complexity index is 794. The number of thiophene rings is 1. The molecule has 3 rings (SSSR count). The number of nitrogens with zero attached hydrogens (tertiary/aromatic N) is 1. The molecule has 0 saturated carbocycles. The van der Waals surface area contributed by atoms with Crippen molar-refractivity contribution >= 4 is 52.2 Å². The second-order valence-electron chi connectivity index (χ2n) is 4.80. The second-order valence-corrected chi connectivity index (χ2v) is 5.97. The van der Waals surface area contributed by atoms with Crippen LogP contribution in [-0.4, -0.2) is 16.9 Å². The van der Waals surface area contributed by atoms with Crippen LogP contribution in [0.25, 0.3) is 6.08 Å². The minimum absolute atomic E-state index is 0.0789. The molecule has 1 saturated heterocycles. The van der Waals surface area contributed by atoms with Crippen LogP contribution in [0, 0.1) is 6.92 Å². The van der Waals surface area contributed by atoms with Crippen molar-refractivity contribution in [3.05, 3.63) is 57.8 Å². The molecule has 0 unspecified atom stereocenters. The number of hydrogen-bond acceptors (Lipinski definition) is 4. The Kier molecular flexibility index (Phi) is 3.87. The molecule has 110 valence electrons. The quantitative estimate of drug-likeness (QED) is 0.524. The summed E-state index contributed by atoms with van der Waals surface area (Å²) < 4.78 is 0. The predicted octanol–water partition coefficient (Wildman–Crippen LogP) is 2.89. The molecule has 6 heteroatoms. The van der Waals surface area contributed by atoms with Gasteiger partial charge in [0.1, 0.15) is 5.57 Å². The summed E-state index contributed by atoms with van der Waals surface area (Å²) >= 11 is 6.68. The molecule has 22 heavy (non-hydrogen) atoms. The molecule has 1 N–H and O–H groups in total. The van der Waals surface area contributed by atoms with Crippen molar-refractivity contribution in [1.82, 2.24) is 5.32 Å². The Morgan fingerprint density at radius 2 is 2.00 bits per heavy atom.